The largest absolute Gasteiger partial charge is 0.372 e. The molecule has 1 amide bonds. The Morgan fingerprint density at radius 3 is 2.40 bits per heavy atom. The van der Waals surface area contributed by atoms with Crippen LogP contribution in [0.5, 0.6) is 0 Å². The molecule has 9 heteroatoms. The monoisotopic (exact) mass is 442 g/mol. The Morgan fingerprint density at radius 1 is 1.07 bits per heavy atom. The third-order valence-corrected chi connectivity index (χ3v) is 7.53. The molecule has 1 aromatic heterocycles. The molecule has 1 saturated heterocycles. The van der Waals surface area contributed by atoms with Crippen LogP contribution in [0.2, 0.25) is 0 Å². The summed E-state index contributed by atoms with van der Waals surface area (Å²) >= 11 is 1.17. The zero-order valence-electron chi connectivity index (χ0n) is 16.3. The van der Waals surface area contributed by atoms with E-state index in [0.29, 0.717) is 5.69 Å². The van der Waals surface area contributed by atoms with Crippen LogP contribution in [-0.2, 0) is 14.8 Å². The highest BCUT2D eigenvalue weighted by Gasteiger charge is 2.28. The summed E-state index contributed by atoms with van der Waals surface area (Å²) in [5.41, 5.74) is 1.75. The third-order valence-electron chi connectivity index (χ3n) is 4.87. The average Bonchev–Trinajstić information content (AvgIpc) is 3.47. The highest BCUT2D eigenvalue weighted by molar-refractivity contribution is 7.93. The molecule has 0 aliphatic carbocycles. The maximum absolute atomic E-state index is 13.1. The second-order valence-corrected chi connectivity index (χ2v) is 9.66. The lowest BCUT2D eigenvalue weighted by Crippen LogP contribution is -2.38. The van der Waals surface area contributed by atoms with Gasteiger partial charge in [0.15, 0.2) is 5.13 Å². The molecule has 2 heterocycles. The van der Waals surface area contributed by atoms with Gasteiger partial charge < -0.3 is 10.2 Å². The molecule has 2 aromatic carbocycles. The molecule has 0 atom stereocenters. The lowest BCUT2D eigenvalue weighted by molar-refractivity contribution is -0.114. The summed E-state index contributed by atoms with van der Waals surface area (Å²) in [5, 5.41) is 4.72. The molecular formula is C21H22N4O3S2. The van der Waals surface area contributed by atoms with Crippen LogP contribution in [0.15, 0.2) is 71.1 Å². The third kappa shape index (κ3) is 4.47. The van der Waals surface area contributed by atoms with Gasteiger partial charge in [0.1, 0.15) is 6.54 Å². The predicted molar refractivity (Wildman–Crippen MR) is 120 cm³/mol. The van der Waals surface area contributed by atoms with E-state index in [1.165, 1.54) is 42.5 Å². The van der Waals surface area contributed by atoms with Gasteiger partial charge in [-0.25, -0.2) is 17.7 Å². The highest BCUT2D eigenvalue weighted by Crippen LogP contribution is 2.26. The molecule has 1 fully saturated rings. The lowest BCUT2D eigenvalue weighted by Gasteiger charge is -2.21. The Bertz CT molecular complexity index is 1080. The lowest BCUT2D eigenvalue weighted by atomic mass is 10.2. The van der Waals surface area contributed by atoms with E-state index in [9.17, 15) is 13.2 Å². The molecule has 4 rings (SSSR count). The van der Waals surface area contributed by atoms with Gasteiger partial charge in [-0.1, -0.05) is 18.2 Å². The summed E-state index contributed by atoms with van der Waals surface area (Å²) in [5.74, 6) is -0.432. The maximum Gasteiger partial charge on any atom is 0.266 e. The van der Waals surface area contributed by atoms with Gasteiger partial charge in [-0.05, 0) is 49.2 Å². The number of nitrogens with zero attached hydrogens (tertiary/aromatic N) is 3. The van der Waals surface area contributed by atoms with Crippen molar-refractivity contribution < 1.29 is 13.2 Å². The first-order valence-corrected chi connectivity index (χ1v) is 12.0. The van der Waals surface area contributed by atoms with Crippen LogP contribution in [-0.4, -0.2) is 38.9 Å². The summed E-state index contributed by atoms with van der Waals surface area (Å²) in [4.78, 5) is 19.2. The van der Waals surface area contributed by atoms with E-state index in [0.717, 1.165) is 23.1 Å². The number of carbonyl (C=O) groups is 1. The molecule has 1 aliphatic rings. The van der Waals surface area contributed by atoms with E-state index >= 15 is 0 Å². The summed E-state index contributed by atoms with van der Waals surface area (Å²) < 4.78 is 27.3. The van der Waals surface area contributed by atoms with Crippen molar-refractivity contribution in [1.29, 1.82) is 0 Å². The standard InChI is InChI=1S/C21H22N4O3S2/c26-20(23-17-8-10-18(11-9-17)24-13-4-5-14-24)16-25(21-22-12-15-29-21)30(27,28)19-6-2-1-3-7-19/h1-3,6-12,15H,4-5,13-14,16H2,(H,23,26). The van der Waals surface area contributed by atoms with Crippen LogP contribution in [0.4, 0.5) is 16.5 Å². The second kappa shape index (κ2) is 8.85. The SMILES string of the molecule is O=C(CN(c1nccs1)S(=O)(=O)c1ccccc1)Nc1ccc(N2CCCC2)cc1. The Labute approximate surface area is 180 Å². The molecule has 3 aromatic rings. The number of thiazole rings is 1. The highest BCUT2D eigenvalue weighted by atomic mass is 32.2. The van der Waals surface area contributed by atoms with E-state index in [1.807, 2.05) is 24.3 Å². The van der Waals surface area contributed by atoms with Crippen molar-refractivity contribution in [2.24, 2.45) is 0 Å². The van der Waals surface area contributed by atoms with Gasteiger partial charge in [0.25, 0.3) is 10.0 Å². The number of carbonyl (C=O) groups excluding carboxylic acids is 1. The van der Waals surface area contributed by atoms with Crippen molar-refractivity contribution in [3.8, 4) is 0 Å². The Hall–Kier alpha value is -2.91. The van der Waals surface area contributed by atoms with Crippen molar-refractivity contribution in [2.75, 3.05) is 34.2 Å². The van der Waals surface area contributed by atoms with E-state index in [1.54, 1.807) is 23.6 Å². The minimum absolute atomic E-state index is 0.114. The molecule has 0 unspecified atom stereocenters. The molecular weight excluding hydrogens is 420 g/mol. The fourth-order valence-corrected chi connectivity index (χ4v) is 5.64. The number of aromatic nitrogens is 1. The molecule has 0 radical (unpaired) electrons. The van der Waals surface area contributed by atoms with Crippen LogP contribution in [0.1, 0.15) is 12.8 Å². The topological polar surface area (TPSA) is 82.6 Å². The molecule has 0 spiro atoms. The first-order valence-electron chi connectivity index (χ1n) is 9.66. The number of hydrogen-bond acceptors (Lipinski definition) is 6. The number of hydrogen-bond donors (Lipinski definition) is 1. The van der Waals surface area contributed by atoms with Crippen LogP contribution in [0.3, 0.4) is 0 Å². The number of nitrogens with one attached hydrogen (secondary N) is 1. The molecule has 156 valence electrons. The van der Waals surface area contributed by atoms with Crippen LogP contribution in [0, 0.1) is 0 Å². The van der Waals surface area contributed by atoms with Crippen molar-refractivity contribution in [3.63, 3.8) is 0 Å². The first kappa shape index (κ1) is 20.4. The minimum atomic E-state index is -3.92. The number of benzene rings is 2. The van der Waals surface area contributed by atoms with Gasteiger partial charge >= 0.3 is 0 Å². The summed E-state index contributed by atoms with van der Waals surface area (Å²) in [6.07, 6.45) is 3.91. The van der Waals surface area contributed by atoms with Gasteiger partial charge in [0, 0.05) is 36.0 Å². The maximum atomic E-state index is 13.1. The number of amides is 1. The molecule has 1 aliphatic heterocycles. The minimum Gasteiger partial charge on any atom is -0.372 e. The molecule has 0 saturated carbocycles. The number of sulfonamides is 1. The van der Waals surface area contributed by atoms with E-state index in [4.69, 9.17) is 0 Å². The Balaban J connectivity index is 1.50. The van der Waals surface area contributed by atoms with Crippen molar-refractivity contribution >= 4 is 43.8 Å². The van der Waals surface area contributed by atoms with Crippen molar-refractivity contribution in [1.82, 2.24) is 4.98 Å². The predicted octanol–water partition coefficient (Wildman–Crippen LogP) is 3.58. The van der Waals surface area contributed by atoms with Gasteiger partial charge in [-0.3, -0.25) is 4.79 Å². The van der Waals surface area contributed by atoms with Gasteiger partial charge in [0.05, 0.1) is 4.90 Å². The van der Waals surface area contributed by atoms with Gasteiger partial charge in [0.2, 0.25) is 5.91 Å². The average molecular weight is 443 g/mol. The van der Waals surface area contributed by atoms with Gasteiger partial charge in [-0.15, -0.1) is 11.3 Å². The van der Waals surface area contributed by atoms with E-state index in [-0.39, 0.29) is 16.6 Å². The van der Waals surface area contributed by atoms with Crippen molar-refractivity contribution in [2.45, 2.75) is 17.7 Å². The zero-order chi connectivity index (χ0) is 21.0. The second-order valence-electron chi connectivity index (χ2n) is 6.93. The zero-order valence-corrected chi connectivity index (χ0v) is 17.9. The molecule has 0 bridgehead atoms. The number of rotatable bonds is 7. The van der Waals surface area contributed by atoms with Gasteiger partial charge in [-0.2, -0.15) is 0 Å². The first-order chi connectivity index (χ1) is 14.5. The normalized spacial score (nSPS) is 13.9. The fraction of sp³-hybridized carbons (Fsp3) is 0.238. The quantitative estimate of drug-likeness (QED) is 0.605. The summed E-state index contributed by atoms with van der Waals surface area (Å²) in [7, 11) is -3.92. The smallest absolute Gasteiger partial charge is 0.266 e. The molecule has 7 nitrogen and oxygen atoms in total. The van der Waals surface area contributed by atoms with Crippen LogP contribution < -0.4 is 14.5 Å². The Kier molecular flexibility index (Phi) is 6.01. The fourth-order valence-electron chi connectivity index (χ4n) is 3.38. The van der Waals surface area contributed by atoms with Crippen LogP contribution in [0.25, 0.3) is 0 Å². The summed E-state index contributed by atoms with van der Waals surface area (Å²) in [6.45, 7) is 1.73. The van der Waals surface area contributed by atoms with E-state index in [2.05, 4.69) is 15.2 Å². The molecule has 30 heavy (non-hydrogen) atoms. The van der Waals surface area contributed by atoms with E-state index < -0.39 is 15.9 Å². The van der Waals surface area contributed by atoms with Crippen molar-refractivity contribution in [3.05, 3.63) is 66.2 Å². The number of anilines is 3. The summed E-state index contributed by atoms with van der Waals surface area (Å²) in [6, 6.07) is 15.7. The van der Waals surface area contributed by atoms with Crippen LogP contribution >= 0.6 is 11.3 Å². The molecule has 1 N–H and O–H groups in total. The Morgan fingerprint density at radius 2 is 1.77 bits per heavy atom.